The molecule has 1 aromatic carbocycles. The Hall–Kier alpha value is -2.09. The van der Waals surface area contributed by atoms with Crippen molar-refractivity contribution in [1.29, 1.82) is 0 Å². The van der Waals surface area contributed by atoms with E-state index < -0.39 is 17.9 Å². The van der Waals surface area contributed by atoms with E-state index in [4.69, 9.17) is 0 Å². The van der Waals surface area contributed by atoms with Crippen LogP contribution in [0.4, 0.5) is 19.3 Å². The van der Waals surface area contributed by atoms with Crippen molar-refractivity contribution >= 4 is 11.7 Å². The van der Waals surface area contributed by atoms with Crippen molar-refractivity contribution in [2.24, 2.45) is 0 Å². The van der Waals surface area contributed by atoms with Crippen molar-refractivity contribution < 1.29 is 28.2 Å². The maximum atomic E-state index is 13.0. The third kappa shape index (κ3) is 4.05. The largest absolute Gasteiger partial charge is 0.586 e. The maximum Gasteiger partial charge on any atom is 0.586 e. The molecular formula is C16H20F2N2O4. The smallest absolute Gasteiger partial charge is 0.395 e. The first-order chi connectivity index (χ1) is 11.4. The Morgan fingerprint density at radius 2 is 1.79 bits per heavy atom. The molecule has 132 valence electrons. The molecule has 8 heteroatoms. The lowest BCUT2D eigenvalue weighted by Crippen LogP contribution is -2.44. The summed E-state index contributed by atoms with van der Waals surface area (Å²) in [7, 11) is 0. The molecular weight excluding hydrogens is 322 g/mol. The fourth-order valence-electron chi connectivity index (χ4n) is 3.01. The molecule has 1 fully saturated rings. The topological polar surface area (TPSA) is 79.8 Å². The van der Waals surface area contributed by atoms with Gasteiger partial charge in [-0.2, -0.15) is 0 Å². The number of anilines is 1. The number of urea groups is 1. The Kier molecular flexibility index (Phi) is 4.49. The van der Waals surface area contributed by atoms with Gasteiger partial charge >= 0.3 is 12.3 Å². The lowest BCUT2D eigenvalue weighted by Gasteiger charge is -2.26. The molecule has 1 aromatic rings. The van der Waals surface area contributed by atoms with E-state index in [0.29, 0.717) is 18.5 Å². The number of hydrogen-bond donors (Lipinski definition) is 3. The van der Waals surface area contributed by atoms with Gasteiger partial charge in [0, 0.05) is 18.3 Å². The minimum atomic E-state index is -3.69. The average molecular weight is 342 g/mol. The molecule has 24 heavy (non-hydrogen) atoms. The molecule has 0 spiro atoms. The molecule has 3 N–H and O–H groups in total. The highest BCUT2D eigenvalue weighted by Crippen LogP contribution is 2.42. The number of rotatable bonds is 3. The number of halogens is 2. The van der Waals surface area contributed by atoms with Gasteiger partial charge in [0.2, 0.25) is 0 Å². The van der Waals surface area contributed by atoms with Crippen LogP contribution in [0.2, 0.25) is 0 Å². The summed E-state index contributed by atoms with van der Waals surface area (Å²) in [5.41, 5.74) is -0.592. The molecule has 2 aliphatic rings. The fourth-order valence-corrected chi connectivity index (χ4v) is 3.01. The summed E-state index contributed by atoms with van der Waals surface area (Å²) in [4.78, 5) is 12.0. The third-order valence-electron chi connectivity index (χ3n) is 4.27. The van der Waals surface area contributed by atoms with E-state index in [2.05, 4.69) is 20.1 Å². The van der Waals surface area contributed by atoms with Crippen LogP contribution in [0.25, 0.3) is 0 Å². The summed E-state index contributed by atoms with van der Waals surface area (Å²) in [6.45, 7) is 0.154. The van der Waals surface area contributed by atoms with E-state index in [-0.39, 0.29) is 18.0 Å². The summed E-state index contributed by atoms with van der Waals surface area (Å²) in [5, 5.41) is 15.7. The first-order valence-electron chi connectivity index (χ1n) is 8.02. The fraction of sp³-hybridized carbons (Fsp3) is 0.562. The van der Waals surface area contributed by atoms with Gasteiger partial charge in [-0.3, -0.25) is 0 Å². The van der Waals surface area contributed by atoms with Crippen LogP contribution in [0.3, 0.4) is 0 Å². The quantitative estimate of drug-likeness (QED) is 0.737. The predicted molar refractivity (Wildman–Crippen MR) is 82.3 cm³/mol. The highest BCUT2D eigenvalue weighted by atomic mass is 19.3. The molecule has 1 aliphatic heterocycles. The molecule has 1 saturated carbocycles. The third-order valence-corrected chi connectivity index (χ3v) is 4.27. The monoisotopic (exact) mass is 342 g/mol. The lowest BCUT2D eigenvalue weighted by atomic mass is 9.95. The van der Waals surface area contributed by atoms with Crippen LogP contribution in [0.5, 0.6) is 11.5 Å². The molecule has 1 aliphatic carbocycles. The number of benzene rings is 1. The molecule has 0 radical (unpaired) electrons. The second kappa shape index (κ2) is 6.43. The maximum absolute atomic E-state index is 13.0. The molecule has 0 bridgehead atoms. The Bertz CT molecular complexity index is 616. The summed E-state index contributed by atoms with van der Waals surface area (Å²) in [5.74, 6) is -0.223. The van der Waals surface area contributed by atoms with E-state index in [1.54, 1.807) is 0 Å². The van der Waals surface area contributed by atoms with Gasteiger partial charge in [-0.15, -0.1) is 8.78 Å². The van der Waals surface area contributed by atoms with Gasteiger partial charge in [-0.25, -0.2) is 4.79 Å². The Morgan fingerprint density at radius 1 is 1.12 bits per heavy atom. The Morgan fingerprint density at radius 3 is 2.50 bits per heavy atom. The van der Waals surface area contributed by atoms with Crippen LogP contribution in [0.15, 0.2) is 18.2 Å². The van der Waals surface area contributed by atoms with Crippen molar-refractivity contribution in [1.82, 2.24) is 5.32 Å². The van der Waals surface area contributed by atoms with Crippen molar-refractivity contribution in [2.75, 3.05) is 11.9 Å². The van der Waals surface area contributed by atoms with Crippen LogP contribution < -0.4 is 20.1 Å². The molecule has 6 nitrogen and oxygen atoms in total. The summed E-state index contributed by atoms with van der Waals surface area (Å²) in [6.07, 6.45) is 1.70. The number of carbonyl (C=O) groups is 1. The van der Waals surface area contributed by atoms with Crippen molar-refractivity contribution in [2.45, 2.75) is 50.4 Å². The molecule has 0 atom stereocenters. The van der Waals surface area contributed by atoms with Crippen LogP contribution in [-0.4, -0.2) is 29.6 Å². The second-order valence-electron chi connectivity index (χ2n) is 6.28. The Balaban J connectivity index is 1.54. The summed E-state index contributed by atoms with van der Waals surface area (Å²) < 4.78 is 34.5. The van der Waals surface area contributed by atoms with Crippen molar-refractivity contribution in [3.8, 4) is 11.5 Å². The zero-order chi connectivity index (χ0) is 17.2. The van der Waals surface area contributed by atoms with Gasteiger partial charge in [0.15, 0.2) is 11.5 Å². The number of alkyl halides is 2. The SMILES string of the molecule is O=C(NCC1(O)CCCCCC1)Nc1ccc2c(c1)OC(F)(F)O2. The molecule has 0 unspecified atom stereocenters. The van der Waals surface area contributed by atoms with E-state index in [1.165, 1.54) is 18.2 Å². The van der Waals surface area contributed by atoms with Crippen molar-refractivity contribution in [3.05, 3.63) is 18.2 Å². The first kappa shape index (κ1) is 16.8. The van der Waals surface area contributed by atoms with E-state index in [0.717, 1.165) is 25.7 Å². The molecule has 0 aromatic heterocycles. The van der Waals surface area contributed by atoms with E-state index >= 15 is 0 Å². The van der Waals surface area contributed by atoms with Crippen LogP contribution in [-0.2, 0) is 0 Å². The number of amides is 2. The zero-order valence-corrected chi connectivity index (χ0v) is 13.1. The highest BCUT2D eigenvalue weighted by Gasteiger charge is 2.43. The summed E-state index contributed by atoms with van der Waals surface area (Å²) >= 11 is 0. The minimum absolute atomic E-state index is 0.0845. The minimum Gasteiger partial charge on any atom is -0.395 e. The number of carbonyl (C=O) groups excluding carboxylic acids is 1. The zero-order valence-electron chi connectivity index (χ0n) is 13.1. The highest BCUT2D eigenvalue weighted by molar-refractivity contribution is 5.89. The van der Waals surface area contributed by atoms with Crippen LogP contribution in [0.1, 0.15) is 38.5 Å². The van der Waals surface area contributed by atoms with Gasteiger partial charge in [0.1, 0.15) is 0 Å². The Labute approximate surface area is 138 Å². The van der Waals surface area contributed by atoms with Crippen molar-refractivity contribution in [3.63, 3.8) is 0 Å². The van der Waals surface area contributed by atoms with Gasteiger partial charge in [-0.1, -0.05) is 25.7 Å². The molecule has 3 rings (SSSR count). The molecule has 1 heterocycles. The number of fused-ring (bicyclic) bond motifs is 1. The number of nitrogens with one attached hydrogen (secondary N) is 2. The standard InChI is InChI=1S/C16H20F2N2O4/c17-16(18)23-12-6-5-11(9-13(12)24-16)20-14(21)19-10-15(22)7-3-1-2-4-8-15/h5-6,9,22H,1-4,7-8,10H2,(H2,19,20,21). The van der Waals surface area contributed by atoms with Crippen LogP contribution >= 0.6 is 0 Å². The summed E-state index contributed by atoms with van der Waals surface area (Å²) in [6, 6.07) is 3.48. The van der Waals surface area contributed by atoms with Crippen LogP contribution in [0, 0.1) is 0 Å². The first-order valence-corrected chi connectivity index (χ1v) is 8.02. The average Bonchev–Trinajstić information content (AvgIpc) is 2.67. The number of ether oxygens (including phenoxy) is 2. The number of aliphatic hydroxyl groups is 1. The van der Waals surface area contributed by atoms with E-state index in [9.17, 15) is 18.7 Å². The number of hydrogen-bond acceptors (Lipinski definition) is 4. The second-order valence-corrected chi connectivity index (χ2v) is 6.28. The lowest BCUT2D eigenvalue weighted by molar-refractivity contribution is -0.286. The van der Waals surface area contributed by atoms with Gasteiger partial charge in [0.05, 0.1) is 5.60 Å². The molecule has 2 amide bonds. The van der Waals surface area contributed by atoms with Gasteiger partial charge in [0.25, 0.3) is 0 Å². The van der Waals surface area contributed by atoms with E-state index in [1.807, 2.05) is 0 Å². The predicted octanol–water partition coefficient (Wildman–Crippen LogP) is 3.21. The molecule has 0 saturated heterocycles. The van der Waals surface area contributed by atoms with Gasteiger partial charge in [-0.05, 0) is 25.0 Å². The van der Waals surface area contributed by atoms with Gasteiger partial charge < -0.3 is 25.2 Å². The normalized spacial score (nSPS) is 21.0.